The van der Waals surface area contributed by atoms with Crippen molar-refractivity contribution in [3.8, 4) is 0 Å². The van der Waals surface area contributed by atoms with Crippen LogP contribution in [0.1, 0.15) is 37.7 Å². The zero-order chi connectivity index (χ0) is 15.6. The molecule has 0 spiro atoms. The molecule has 0 fully saturated rings. The summed E-state index contributed by atoms with van der Waals surface area (Å²) in [7, 11) is 2.00. The third-order valence-corrected chi connectivity index (χ3v) is 4.44. The average Bonchev–Trinajstić information content (AvgIpc) is 2.70. The Labute approximate surface area is 131 Å². The predicted octanol–water partition coefficient (Wildman–Crippen LogP) is 3.47. The van der Waals surface area contributed by atoms with Crippen molar-refractivity contribution in [3.05, 3.63) is 35.2 Å². The van der Waals surface area contributed by atoms with Crippen molar-refractivity contribution in [2.45, 2.75) is 56.8 Å². The summed E-state index contributed by atoms with van der Waals surface area (Å²) in [5, 5.41) is 12.8. The Morgan fingerprint density at radius 3 is 2.48 bits per heavy atom. The smallest absolute Gasteiger partial charge is 0.195 e. The zero-order valence-electron chi connectivity index (χ0n) is 13.7. The lowest BCUT2D eigenvalue weighted by atomic mass is 10.1. The molecule has 0 aliphatic rings. The number of benzene rings is 1. The van der Waals surface area contributed by atoms with Crippen LogP contribution < -0.4 is 5.32 Å². The summed E-state index contributed by atoms with van der Waals surface area (Å²) < 4.78 is 2.02. The van der Waals surface area contributed by atoms with E-state index in [1.807, 2.05) is 18.5 Å². The Hall–Kier alpha value is -1.33. The quantitative estimate of drug-likeness (QED) is 0.939. The average molecular weight is 304 g/mol. The summed E-state index contributed by atoms with van der Waals surface area (Å²) in [6.07, 6.45) is 0. The van der Waals surface area contributed by atoms with Crippen LogP contribution in [0.3, 0.4) is 0 Å². The van der Waals surface area contributed by atoms with Gasteiger partial charge < -0.3 is 9.88 Å². The van der Waals surface area contributed by atoms with Crippen LogP contribution in [-0.4, -0.2) is 20.3 Å². The second kappa shape index (κ2) is 6.20. The maximum Gasteiger partial charge on any atom is 0.195 e. The van der Waals surface area contributed by atoms with E-state index in [0.717, 1.165) is 17.5 Å². The highest BCUT2D eigenvalue weighted by Crippen LogP contribution is 2.30. The van der Waals surface area contributed by atoms with Crippen LogP contribution in [0, 0.1) is 13.8 Å². The minimum absolute atomic E-state index is 0.104. The summed E-state index contributed by atoms with van der Waals surface area (Å²) in [5.41, 5.74) is 2.68. The third-order valence-electron chi connectivity index (χ3n) is 3.28. The number of aryl methyl sites for hydroxylation is 2. The molecule has 0 atom stereocenters. The lowest BCUT2D eigenvalue weighted by Crippen LogP contribution is -2.35. The molecule has 0 saturated heterocycles. The maximum absolute atomic E-state index is 4.24. The Morgan fingerprint density at radius 1 is 1.19 bits per heavy atom. The van der Waals surface area contributed by atoms with Gasteiger partial charge in [-0.2, -0.15) is 0 Å². The Bertz CT molecular complexity index is 626. The molecule has 114 valence electrons. The van der Waals surface area contributed by atoms with Crippen LogP contribution in [0.25, 0.3) is 0 Å². The van der Waals surface area contributed by atoms with Crippen LogP contribution in [0.15, 0.2) is 28.3 Å². The summed E-state index contributed by atoms with van der Waals surface area (Å²) in [6.45, 7) is 11.5. The lowest BCUT2D eigenvalue weighted by molar-refractivity contribution is 0.422. The van der Waals surface area contributed by atoms with Gasteiger partial charge in [-0.1, -0.05) is 17.7 Å². The standard InChI is InChI=1S/C16H24N4S/c1-11-7-8-14(13(9-11)10-17-16(3,4)5)21-15-19-18-12(2)20(15)6/h7-9,17H,10H2,1-6H3. The molecule has 0 bridgehead atoms. The highest BCUT2D eigenvalue weighted by atomic mass is 32.2. The molecule has 1 N–H and O–H groups in total. The zero-order valence-corrected chi connectivity index (χ0v) is 14.5. The molecule has 2 rings (SSSR count). The van der Waals surface area contributed by atoms with Crippen LogP contribution in [0.4, 0.5) is 0 Å². The van der Waals surface area contributed by atoms with Crippen molar-refractivity contribution in [1.82, 2.24) is 20.1 Å². The van der Waals surface area contributed by atoms with E-state index >= 15 is 0 Å². The van der Waals surface area contributed by atoms with Gasteiger partial charge in [0.15, 0.2) is 5.16 Å². The van der Waals surface area contributed by atoms with Gasteiger partial charge in [0.05, 0.1) is 0 Å². The highest BCUT2D eigenvalue weighted by Gasteiger charge is 2.13. The number of hydrogen-bond donors (Lipinski definition) is 1. The van der Waals surface area contributed by atoms with Crippen LogP contribution >= 0.6 is 11.8 Å². The van der Waals surface area contributed by atoms with Crippen molar-refractivity contribution in [1.29, 1.82) is 0 Å². The number of aromatic nitrogens is 3. The Kier molecular flexibility index (Phi) is 4.74. The second-order valence-corrected chi connectivity index (χ2v) is 7.41. The molecule has 1 heterocycles. The first-order valence-corrected chi connectivity index (χ1v) is 7.96. The first-order chi connectivity index (χ1) is 9.76. The second-order valence-electron chi connectivity index (χ2n) is 6.41. The van der Waals surface area contributed by atoms with E-state index in [1.54, 1.807) is 11.8 Å². The van der Waals surface area contributed by atoms with Gasteiger partial charge in [0, 0.05) is 24.0 Å². The van der Waals surface area contributed by atoms with Gasteiger partial charge in [-0.25, -0.2) is 0 Å². The van der Waals surface area contributed by atoms with E-state index < -0.39 is 0 Å². The van der Waals surface area contributed by atoms with E-state index in [1.165, 1.54) is 16.0 Å². The molecule has 0 saturated carbocycles. The molecule has 0 aliphatic heterocycles. The van der Waals surface area contributed by atoms with Crippen molar-refractivity contribution in [2.24, 2.45) is 7.05 Å². The van der Waals surface area contributed by atoms with Gasteiger partial charge in [0.25, 0.3) is 0 Å². The lowest BCUT2D eigenvalue weighted by Gasteiger charge is -2.21. The van der Waals surface area contributed by atoms with Crippen LogP contribution in [0.2, 0.25) is 0 Å². The fourth-order valence-corrected chi connectivity index (χ4v) is 2.83. The van der Waals surface area contributed by atoms with Crippen molar-refractivity contribution in [3.63, 3.8) is 0 Å². The fourth-order valence-electron chi connectivity index (χ4n) is 1.88. The van der Waals surface area contributed by atoms with E-state index in [4.69, 9.17) is 0 Å². The predicted molar refractivity (Wildman–Crippen MR) is 87.6 cm³/mol. The SMILES string of the molecule is Cc1ccc(Sc2nnc(C)n2C)c(CNC(C)(C)C)c1. The molecule has 0 radical (unpaired) electrons. The van der Waals surface area contributed by atoms with Gasteiger partial charge in [0.2, 0.25) is 0 Å². The van der Waals surface area contributed by atoms with Gasteiger partial charge in [-0.05, 0) is 58.0 Å². The molecule has 0 aliphatic carbocycles. The monoisotopic (exact) mass is 304 g/mol. The highest BCUT2D eigenvalue weighted by molar-refractivity contribution is 7.99. The first kappa shape index (κ1) is 16.0. The summed E-state index contributed by atoms with van der Waals surface area (Å²) in [5.74, 6) is 0.930. The fraction of sp³-hybridized carbons (Fsp3) is 0.500. The van der Waals surface area contributed by atoms with Crippen LogP contribution in [-0.2, 0) is 13.6 Å². The van der Waals surface area contributed by atoms with Crippen LogP contribution in [0.5, 0.6) is 0 Å². The normalized spacial score (nSPS) is 11.9. The largest absolute Gasteiger partial charge is 0.309 e. The number of hydrogen-bond acceptors (Lipinski definition) is 4. The van der Waals surface area contributed by atoms with E-state index in [-0.39, 0.29) is 5.54 Å². The molecule has 0 amide bonds. The number of nitrogens with one attached hydrogen (secondary N) is 1. The molecule has 4 nitrogen and oxygen atoms in total. The van der Waals surface area contributed by atoms with E-state index in [2.05, 4.69) is 61.4 Å². The molecule has 0 unspecified atom stereocenters. The minimum atomic E-state index is 0.104. The third kappa shape index (κ3) is 4.32. The van der Waals surface area contributed by atoms with Gasteiger partial charge in [-0.15, -0.1) is 10.2 Å². The molecule has 5 heteroatoms. The molecule has 1 aromatic carbocycles. The molecular formula is C16H24N4S. The molecule has 2 aromatic rings. The topological polar surface area (TPSA) is 42.7 Å². The Balaban J connectivity index is 2.24. The Morgan fingerprint density at radius 2 is 1.90 bits per heavy atom. The number of rotatable bonds is 4. The van der Waals surface area contributed by atoms with E-state index in [9.17, 15) is 0 Å². The van der Waals surface area contributed by atoms with Crippen molar-refractivity contribution >= 4 is 11.8 Å². The van der Waals surface area contributed by atoms with Gasteiger partial charge in [0.1, 0.15) is 5.82 Å². The van der Waals surface area contributed by atoms with Crippen molar-refractivity contribution < 1.29 is 0 Å². The maximum atomic E-state index is 4.24. The molecule has 21 heavy (non-hydrogen) atoms. The summed E-state index contributed by atoms with van der Waals surface area (Å²) >= 11 is 1.67. The van der Waals surface area contributed by atoms with Gasteiger partial charge in [-0.3, -0.25) is 0 Å². The first-order valence-electron chi connectivity index (χ1n) is 7.15. The van der Waals surface area contributed by atoms with Gasteiger partial charge >= 0.3 is 0 Å². The minimum Gasteiger partial charge on any atom is -0.309 e. The van der Waals surface area contributed by atoms with E-state index in [0.29, 0.717) is 0 Å². The number of nitrogens with zero attached hydrogens (tertiary/aromatic N) is 3. The van der Waals surface area contributed by atoms with Crippen molar-refractivity contribution in [2.75, 3.05) is 0 Å². The summed E-state index contributed by atoms with van der Waals surface area (Å²) in [6, 6.07) is 6.56. The summed E-state index contributed by atoms with van der Waals surface area (Å²) in [4.78, 5) is 1.23. The molecule has 1 aromatic heterocycles. The molecular weight excluding hydrogens is 280 g/mol.